The molecule has 1 aliphatic rings. The lowest BCUT2D eigenvalue weighted by atomic mass is 10.1. The van der Waals surface area contributed by atoms with Gasteiger partial charge in [-0.25, -0.2) is 9.97 Å². The molecule has 1 fully saturated rings. The van der Waals surface area contributed by atoms with E-state index in [2.05, 4.69) is 74.5 Å². The molecule has 29 heavy (non-hydrogen) atoms. The summed E-state index contributed by atoms with van der Waals surface area (Å²) < 4.78 is 0. The number of anilines is 5. The van der Waals surface area contributed by atoms with E-state index in [9.17, 15) is 0 Å². The van der Waals surface area contributed by atoms with Gasteiger partial charge in [-0.15, -0.1) is 0 Å². The van der Waals surface area contributed by atoms with Gasteiger partial charge in [0.05, 0.1) is 11.9 Å². The van der Waals surface area contributed by atoms with Crippen LogP contribution in [-0.2, 0) is 0 Å². The third-order valence-electron chi connectivity index (χ3n) is 5.27. The summed E-state index contributed by atoms with van der Waals surface area (Å²) in [6.07, 6.45) is 3.57. The van der Waals surface area contributed by atoms with E-state index in [0.29, 0.717) is 5.95 Å². The van der Waals surface area contributed by atoms with Crippen molar-refractivity contribution in [1.82, 2.24) is 19.9 Å². The quantitative estimate of drug-likeness (QED) is 0.689. The van der Waals surface area contributed by atoms with Crippen molar-refractivity contribution in [3.63, 3.8) is 0 Å². The second-order valence-corrected chi connectivity index (χ2v) is 7.51. The number of likely N-dealkylation sites (N-methyl/N-ethyl adjacent to an activating group) is 1. The van der Waals surface area contributed by atoms with Crippen LogP contribution >= 0.6 is 0 Å². The molecule has 0 bridgehead atoms. The van der Waals surface area contributed by atoms with Gasteiger partial charge in [-0.3, -0.25) is 0 Å². The third kappa shape index (κ3) is 4.81. The highest BCUT2D eigenvalue weighted by atomic mass is 15.3. The van der Waals surface area contributed by atoms with Gasteiger partial charge in [0.2, 0.25) is 5.95 Å². The molecule has 0 unspecified atom stereocenters. The molecule has 0 radical (unpaired) electrons. The molecule has 0 aliphatic carbocycles. The molecule has 2 N–H and O–H groups in total. The molecule has 0 atom stereocenters. The van der Waals surface area contributed by atoms with Crippen molar-refractivity contribution >= 4 is 29.0 Å². The number of rotatable bonds is 5. The molecule has 7 nitrogen and oxygen atoms in total. The van der Waals surface area contributed by atoms with Crippen molar-refractivity contribution in [3.05, 3.63) is 59.9 Å². The van der Waals surface area contributed by atoms with E-state index in [1.807, 2.05) is 24.4 Å². The van der Waals surface area contributed by atoms with Gasteiger partial charge in [-0.1, -0.05) is 6.07 Å². The summed E-state index contributed by atoms with van der Waals surface area (Å²) in [5, 5.41) is 6.57. The van der Waals surface area contributed by atoms with Gasteiger partial charge >= 0.3 is 0 Å². The molecule has 0 amide bonds. The lowest BCUT2D eigenvalue weighted by Crippen LogP contribution is -2.44. The lowest BCUT2D eigenvalue weighted by Gasteiger charge is -2.33. The summed E-state index contributed by atoms with van der Waals surface area (Å²) in [6.45, 7) is 8.35. The van der Waals surface area contributed by atoms with Crippen molar-refractivity contribution < 1.29 is 0 Å². The Morgan fingerprint density at radius 3 is 2.34 bits per heavy atom. The van der Waals surface area contributed by atoms with Gasteiger partial charge in [-0.2, -0.15) is 4.98 Å². The summed E-state index contributed by atoms with van der Waals surface area (Å²) in [5.74, 6) is 2.29. The number of nitrogens with zero attached hydrogens (tertiary/aromatic N) is 5. The summed E-state index contributed by atoms with van der Waals surface area (Å²) in [4.78, 5) is 18.1. The fourth-order valence-electron chi connectivity index (χ4n) is 3.27. The molecule has 3 aromatic rings. The zero-order valence-corrected chi connectivity index (χ0v) is 17.2. The zero-order valence-electron chi connectivity index (χ0n) is 17.2. The summed E-state index contributed by atoms with van der Waals surface area (Å²) >= 11 is 0. The summed E-state index contributed by atoms with van der Waals surface area (Å²) in [5.41, 5.74) is 4.39. The number of nitrogens with one attached hydrogen (secondary N) is 2. The van der Waals surface area contributed by atoms with Crippen LogP contribution in [-0.4, -0.2) is 53.1 Å². The molecule has 1 aliphatic heterocycles. The first-order valence-corrected chi connectivity index (χ1v) is 9.91. The number of benzene rings is 1. The molecule has 150 valence electrons. The SMILES string of the molecule is Cc1ccc(Nc2ccnc(Nc3ccc(N4CCN(C)CC4)nc3)n2)cc1C. The molecule has 2 aromatic heterocycles. The van der Waals surface area contributed by atoms with Crippen LogP contribution in [0.15, 0.2) is 48.8 Å². The van der Waals surface area contributed by atoms with Gasteiger partial charge in [0.1, 0.15) is 11.6 Å². The molecule has 4 rings (SSSR count). The third-order valence-corrected chi connectivity index (χ3v) is 5.27. The van der Waals surface area contributed by atoms with Gasteiger partial charge in [-0.05, 0) is 62.4 Å². The van der Waals surface area contributed by atoms with Crippen molar-refractivity contribution in [2.75, 3.05) is 48.8 Å². The van der Waals surface area contributed by atoms with E-state index in [4.69, 9.17) is 0 Å². The number of piperazine rings is 1. The fraction of sp³-hybridized carbons (Fsp3) is 0.318. The van der Waals surface area contributed by atoms with Crippen molar-refractivity contribution in [3.8, 4) is 0 Å². The van der Waals surface area contributed by atoms with Crippen molar-refractivity contribution in [2.45, 2.75) is 13.8 Å². The largest absolute Gasteiger partial charge is 0.354 e. The first kappa shape index (κ1) is 19.1. The van der Waals surface area contributed by atoms with Crippen LogP contribution in [0, 0.1) is 13.8 Å². The molecule has 0 spiro atoms. The van der Waals surface area contributed by atoms with E-state index in [-0.39, 0.29) is 0 Å². The number of hydrogen-bond acceptors (Lipinski definition) is 7. The normalized spacial score (nSPS) is 14.7. The Bertz CT molecular complexity index is 963. The summed E-state index contributed by atoms with van der Waals surface area (Å²) in [7, 11) is 2.15. The number of aryl methyl sites for hydroxylation is 2. The van der Waals surface area contributed by atoms with Crippen LogP contribution in [0.1, 0.15) is 11.1 Å². The predicted octanol–water partition coefficient (Wildman–Crippen LogP) is 3.73. The smallest absolute Gasteiger partial charge is 0.229 e. The van der Waals surface area contributed by atoms with E-state index in [0.717, 1.165) is 49.2 Å². The second-order valence-electron chi connectivity index (χ2n) is 7.51. The lowest BCUT2D eigenvalue weighted by molar-refractivity contribution is 0.312. The first-order valence-electron chi connectivity index (χ1n) is 9.91. The van der Waals surface area contributed by atoms with E-state index in [1.165, 1.54) is 11.1 Å². The number of pyridine rings is 1. The first-order chi connectivity index (χ1) is 14.1. The monoisotopic (exact) mass is 389 g/mol. The number of aromatic nitrogens is 3. The van der Waals surface area contributed by atoms with Crippen molar-refractivity contribution in [2.24, 2.45) is 0 Å². The topological polar surface area (TPSA) is 69.2 Å². The molecule has 1 aromatic carbocycles. The van der Waals surface area contributed by atoms with E-state index < -0.39 is 0 Å². The molecular formula is C22H27N7. The van der Waals surface area contributed by atoms with E-state index in [1.54, 1.807) is 6.20 Å². The Morgan fingerprint density at radius 2 is 1.62 bits per heavy atom. The van der Waals surface area contributed by atoms with Gasteiger partial charge in [0, 0.05) is 38.1 Å². The zero-order chi connectivity index (χ0) is 20.2. The minimum absolute atomic E-state index is 0.535. The Labute approximate surface area is 171 Å². The predicted molar refractivity (Wildman–Crippen MR) is 118 cm³/mol. The highest BCUT2D eigenvalue weighted by Crippen LogP contribution is 2.21. The van der Waals surface area contributed by atoms with Crippen LogP contribution in [0.25, 0.3) is 0 Å². The molecule has 7 heteroatoms. The Kier molecular flexibility index (Phi) is 5.57. The summed E-state index contributed by atoms with van der Waals surface area (Å²) in [6, 6.07) is 12.2. The molecule has 3 heterocycles. The van der Waals surface area contributed by atoms with Crippen LogP contribution in [0.2, 0.25) is 0 Å². The average Bonchev–Trinajstić information content (AvgIpc) is 2.72. The van der Waals surface area contributed by atoms with Gasteiger partial charge < -0.3 is 20.4 Å². The van der Waals surface area contributed by atoms with Crippen LogP contribution in [0.3, 0.4) is 0 Å². The minimum Gasteiger partial charge on any atom is -0.354 e. The maximum atomic E-state index is 4.61. The number of hydrogen-bond donors (Lipinski definition) is 2. The van der Waals surface area contributed by atoms with Crippen LogP contribution < -0.4 is 15.5 Å². The Hall–Kier alpha value is -3.19. The standard InChI is InChI=1S/C22H27N7/c1-16-4-5-18(14-17(16)2)25-20-8-9-23-22(27-20)26-19-6-7-21(24-15-19)29-12-10-28(3)11-13-29/h4-9,14-15H,10-13H2,1-3H3,(H2,23,25,26,27). The van der Waals surface area contributed by atoms with E-state index >= 15 is 0 Å². The minimum atomic E-state index is 0.535. The second kappa shape index (κ2) is 8.45. The van der Waals surface area contributed by atoms with Crippen LogP contribution in [0.4, 0.5) is 29.0 Å². The highest BCUT2D eigenvalue weighted by molar-refractivity contribution is 5.61. The highest BCUT2D eigenvalue weighted by Gasteiger charge is 2.15. The Morgan fingerprint density at radius 1 is 0.828 bits per heavy atom. The maximum Gasteiger partial charge on any atom is 0.229 e. The fourth-order valence-corrected chi connectivity index (χ4v) is 3.27. The van der Waals surface area contributed by atoms with Gasteiger partial charge in [0.25, 0.3) is 0 Å². The molecule has 0 saturated carbocycles. The molecule has 1 saturated heterocycles. The van der Waals surface area contributed by atoms with Gasteiger partial charge in [0.15, 0.2) is 0 Å². The average molecular weight is 390 g/mol. The molecular weight excluding hydrogens is 362 g/mol. The Balaban J connectivity index is 1.41. The van der Waals surface area contributed by atoms with Crippen LogP contribution in [0.5, 0.6) is 0 Å². The van der Waals surface area contributed by atoms with Crippen molar-refractivity contribution in [1.29, 1.82) is 0 Å². The maximum absolute atomic E-state index is 4.61.